The van der Waals surface area contributed by atoms with Crippen molar-refractivity contribution in [2.24, 2.45) is 0 Å². The minimum Gasteiger partial charge on any atom is -0.310 e. The van der Waals surface area contributed by atoms with Crippen LogP contribution in [0.2, 0.25) is 0 Å². The van der Waals surface area contributed by atoms with Crippen molar-refractivity contribution in [3.63, 3.8) is 0 Å². The van der Waals surface area contributed by atoms with Crippen LogP contribution in [0.5, 0.6) is 0 Å². The topological polar surface area (TPSA) is 6.48 Å². The smallest absolute Gasteiger partial charge is 0.0468 e. The first-order chi connectivity index (χ1) is 60.5. The highest BCUT2D eigenvalue weighted by Gasteiger charge is 2.24. The summed E-state index contributed by atoms with van der Waals surface area (Å²) in [6, 6.07) is 186. The highest BCUT2D eigenvalue weighted by atomic mass is 15.1. The van der Waals surface area contributed by atoms with Crippen LogP contribution in [0.1, 0.15) is 0 Å². The minimum absolute atomic E-state index is 1.04. The maximum absolute atomic E-state index is 2.43. The Balaban J connectivity index is 0.639. The van der Waals surface area contributed by atoms with Crippen molar-refractivity contribution in [3.8, 4) is 167 Å². The van der Waals surface area contributed by atoms with E-state index in [4.69, 9.17) is 0 Å². The largest absolute Gasteiger partial charge is 0.310 e. The Morgan fingerprint density at radius 1 is 0.0820 bits per heavy atom. The Bertz CT molecular complexity index is 6990. The molecular formula is C120H84N2. The summed E-state index contributed by atoms with van der Waals surface area (Å²) in [5.41, 5.74) is 41.0. The van der Waals surface area contributed by atoms with E-state index < -0.39 is 0 Å². The summed E-state index contributed by atoms with van der Waals surface area (Å²) in [6.07, 6.45) is 0. The zero-order chi connectivity index (χ0) is 81.3. The molecule has 2 heteroatoms. The summed E-state index contributed by atoms with van der Waals surface area (Å²) < 4.78 is 0. The van der Waals surface area contributed by atoms with Crippen molar-refractivity contribution in [3.05, 3.63) is 510 Å². The van der Waals surface area contributed by atoms with Gasteiger partial charge in [0.1, 0.15) is 0 Å². The van der Waals surface area contributed by atoms with E-state index in [-0.39, 0.29) is 0 Å². The molecule has 0 unspecified atom stereocenters. The molecule has 20 rings (SSSR count). The molecule has 0 atom stereocenters. The minimum atomic E-state index is 1.04. The molecule has 20 aromatic carbocycles. The Hall–Kier alpha value is -16.0. The number of rotatable bonds is 21. The van der Waals surface area contributed by atoms with E-state index in [0.717, 1.165) is 157 Å². The third-order valence-corrected chi connectivity index (χ3v) is 23.6. The first-order valence-electron chi connectivity index (χ1n) is 41.9. The van der Waals surface area contributed by atoms with Crippen LogP contribution in [-0.4, -0.2) is 0 Å². The fourth-order valence-corrected chi connectivity index (χ4v) is 17.4. The van der Waals surface area contributed by atoms with Crippen LogP contribution in [0.15, 0.2) is 510 Å². The second kappa shape index (κ2) is 34.3. The molecule has 0 fully saturated rings. The van der Waals surface area contributed by atoms with Crippen LogP contribution < -0.4 is 9.80 Å². The Morgan fingerprint density at radius 3 is 0.508 bits per heavy atom. The second-order valence-electron chi connectivity index (χ2n) is 31.1. The summed E-state index contributed by atoms with van der Waals surface area (Å²) >= 11 is 0. The molecule has 0 heterocycles. The summed E-state index contributed by atoms with van der Waals surface area (Å²) in [7, 11) is 0. The molecule has 0 radical (unpaired) electrons. The molecule has 0 aliphatic rings. The Labute approximate surface area is 715 Å². The number of hydrogen-bond acceptors (Lipinski definition) is 2. The Morgan fingerprint density at radius 2 is 0.238 bits per heavy atom. The van der Waals surface area contributed by atoms with Gasteiger partial charge in [-0.25, -0.2) is 0 Å². The van der Waals surface area contributed by atoms with Gasteiger partial charge < -0.3 is 9.80 Å². The van der Waals surface area contributed by atoms with Crippen LogP contribution >= 0.6 is 0 Å². The number of benzene rings is 20. The van der Waals surface area contributed by atoms with Crippen molar-refractivity contribution in [1.29, 1.82) is 0 Å². The molecule has 0 amide bonds. The van der Waals surface area contributed by atoms with Gasteiger partial charge in [0.25, 0.3) is 0 Å². The van der Waals surface area contributed by atoms with Gasteiger partial charge in [0, 0.05) is 34.1 Å². The van der Waals surface area contributed by atoms with Crippen LogP contribution in [0, 0.1) is 0 Å². The molecule has 0 N–H and O–H groups in total. The van der Waals surface area contributed by atoms with E-state index >= 15 is 0 Å². The van der Waals surface area contributed by atoms with Gasteiger partial charge in [-0.3, -0.25) is 0 Å². The van der Waals surface area contributed by atoms with Crippen molar-refractivity contribution < 1.29 is 0 Å². The first kappa shape index (κ1) is 74.8. The molecule has 122 heavy (non-hydrogen) atoms. The normalized spacial score (nSPS) is 11.1. The maximum Gasteiger partial charge on any atom is 0.0468 e. The number of nitrogens with zero attached hydrogens (tertiary/aromatic N) is 2. The summed E-state index contributed by atoms with van der Waals surface area (Å²) in [5.74, 6) is 0. The molecular weight excluding hydrogens is 1470 g/mol. The molecule has 0 aliphatic heterocycles. The summed E-state index contributed by atoms with van der Waals surface area (Å²) in [6.45, 7) is 0. The highest BCUT2D eigenvalue weighted by molar-refractivity contribution is 5.98. The predicted octanol–water partition coefficient (Wildman–Crippen LogP) is 33.6. The third kappa shape index (κ3) is 15.7. The lowest BCUT2D eigenvalue weighted by Crippen LogP contribution is -2.10. The van der Waals surface area contributed by atoms with Crippen molar-refractivity contribution in [1.82, 2.24) is 0 Å². The van der Waals surface area contributed by atoms with E-state index in [0.29, 0.717) is 0 Å². The number of hydrogen-bond donors (Lipinski definition) is 0. The van der Waals surface area contributed by atoms with Gasteiger partial charge in [-0.05, 0) is 252 Å². The molecule has 2 nitrogen and oxygen atoms in total. The van der Waals surface area contributed by atoms with Gasteiger partial charge in [-0.2, -0.15) is 0 Å². The van der Waals surface area contributed by atoms with E-state index in [9.17, 15) is 0 Å². The third-order valence-electron chi connectivity index (χ3n) is 23.6. The maximum atomic E-state index is 2.43. The van der Waals surface area contributed by atoms with Gasteiger partial charge in [0.15, 0.2) is 0 Å². The van der Waals surface area contributed by atoms with Gasteiger partial charge in [0.05, 0.1) is 0 Å². The average molecular weight is 1550 g/mol. The lowest BCUT2D eigenvalue weighted by molar-refractivity contribution is 1.28. The van der Waals surface area contributed by atoms with E-state index in [1.54, 1.807) is 0 Å². The standard InChI is InChI=1S/C120H84N2/c1-10-29-85(30-11-1)89-49-55-100(56-50-89)112-75-70-107(81-117(112)95-39-20-6-21-40-95)121(105-66-61-92(62-67-105)86-31-12-2-13-32-86)108-71-76-113(118(82-108)96-41-22-7-23-42-96)101-59-53-91(54-60-101)90-51-57-99(58-52-90)111-74-65-104(80-116(111)94-37-18-5-19-38-94)115-78-73-110(84-120(115)98-45-26-9-27-46-98)122(106-68-63-93(64-69-106)87-33-14-3-15-34-87)109-72-77-114(119(83-109)97-43-24-8-25-44-97)103-48-28-47-102(79-103)88-35-16-4-17-36-88/h1-84H. The van der Waals surface area contributed by atoms with Crippen LogP contribution in [0.25, 0.3) is 167 Å². The number of anilines is 6. The zero-order valence-electron chi connectivity index (χ0n) is 67.4. The van der Waals surface area contributed by atoms with Crippen LogP contribution in [0.4, 0.5) is 34.1 Å². The summed E-state index contributed by atoms with van der Waals surface area (Å²) in [4.78, 5) is 4.84. The van der Waals surface area contributed by atoms with Crippen molar-refractivity contribution in [2.75, 3.05) is 9.80 Å². The molecule has 0 spiro atoms. The van der Waals surface area contributed by atoms with Gasteiger partial charge in [-0.15, -0.1) is 0 Å². The Kier molecular flexibility index (Phi) is 21.0. The zero-order valence-corrected chi connectivity index (χ0v) is 67.4. The fraction of sp³-hybridized carbons (Fsp3) is 0. The lowest BCUT2D eigenvalue weighted by atomic mass is 9.88. The van der Waals surface area contributed by atoms with E-state index in [2.05, 4.69) is 519 Å². The molecule has 0 aromatic heterocycles. The van der Waals surface area contributed by atoms with Crippen LogP contribution in [0.3, 0.4) is 0 Å². The molecule has 0 bridgehead atoms. The SMILES string of the molecule is c1ccc(-c2ccc(-c3ccc(N(c4ccc(-c5ccccc5)cc4)c4ccc(-c5ccc(-c6ccc(-c7ccc(-c8ccc(N(c9ccc(-c%10ccccc%10)cc9)c9ccc(-c%10cccc(-c%11ccccc%11)c%10)c(-c%10ccccc%10)c9)cc8-c8ccccc8)cc7-c7ccccc7)cc6)cc5)c(-c5ccccc5)c4)cc3-c3ccccc3)cc2)cc1. The quantitative estimate of drug-likeness (QED) is 0.0707. The average Bonchev–Trinajstić information content (AvgIpc) is 0.764. The molecule has 574 valence electrons. The van der Waals surface area contributed by atoms with Gasteiger partial charge in [-0.1, -0.05) is 425 Å². The molecule has 0 aliphatic carbocycles. The second-order valence-corrected chi connectivity index (χ2v) is 31.1. The fourth-order valence-electron chi connectivity index (χ4n) is 17.4. The van der Waals surface area contributed by atoms with Gasteiger partial charge in [0.2, 0.25) is 0 Å². The lowest BCUT2D eigenvalue weighted by Gasteiger charge is -2.28. The first-order valence-corrected chi connectivity index (χ1v) is 41.9. The monoisotopic (exact) mass is 1550 g/mol. The van der Waals surface area contributed by atoms with Crippen LogP contribution in [-0.2, 0) is 0 Å². The van der Waals surface area contributed by atoms with Gasteiger partial charge >= 0.3 is 0 Å². The molecule has 0 saturated heterocycles. The summed E-state index contributed by atoms with van der Waals surface area (Å²) in [5, 5.41) is 0. The van der Waals surface area contributed by atoms with E-state index in [1.165, 1.54) is 44.5 Å². The van der Waals surface area contributed by atoms with E-state index in [1.807, 2.05) is 0 Å². The predicted molar refractivity (Wildman–Crippen MR) is 517 cm³/mol. The highest BCUT2D eigenvalue weighted by Crippen LogP contribution is 2.49. The molecule has 20 aromatic rings. The molecule has 0 saturated carbocycles. The van der Waals surface area contributed by atoms with Crippen molar-refractivity contribution in [2.45, 2.75) is 0 Å². The van der Waals surface area contributed by atoms with Crippen molar-refractivity contribution >= 4 is 34.1 Å².